The van der Waals surface area contributed by atoms with E-state index in [2.05, 4.69) is 4.85 Å². The van der Waals surface area contributed by atoms with Gasteiger partial charge in [0.25, 0.3) is 10.0 Å². The lowest BCUT2D eigenvalue weighted by Gasteiger charge is -2.38. The molecule has 1 aliphatic heterocycles. The summed E-state index contributed by atoms with van der Waals surface area (Å²) in [5.74, 6) is -1.87. The summed E-state index contributed by atoms with van der Waals surface area (Å²) in [6.07, 6.45) is 0. The first-order valence-corrected chi connectivity index (χ1v) is 15.7. The Morgan fingerprint density at radius 3 is 2.51 bits per heavy atom. The smallest absolute Gasteiger partial charge is 0.310 e. The number of rotatable bonds is 6. The van der Waals surface area contributed by atoms with Crippen molar-refractivity contribution in [1.82, 2.24) is 3.97 Å². The molecule has 0 atom stereocenters. The molecule has 2 aromatic heterocycles. The Balaban J connectivity index is 1.54. The van der Waals surface area contributed by atoms with Crippen LogP contribution in [0.1, 0.15) is 0 Å². The molecular formula is C33H22FN3O4S2. The number of thiophene rings is 1. The molecule has 212 valence electrons. The van der Waals surface area contributed by atoms with Gasteiger partial charge in [0.1, 0.15) is 5.82 Å². The Hall–Kier alpha value is -4.98. The van der Waals surface area contributed by atoms with Crippen LogP contribution in [0.25, 0.3) is 48.9 Å². The normalized spacial score (nSPS) is 13.7. The minimum atomic E-state index is -4.25. The molecule has 6 aromatic rings. The molecule has 0 aliphatic carbocycles. The van der Waals surface area contributed by atoms with Crippen LogP contribution < -0.4 is 4.90 Å². The molecule has 0 amide bonds. The van der Waals surface area contributed by atoms with Crippen LogP contribution in [0.5, 0.6) is 0 Å². The molecule has 0 unspecified atom stereocenters. The number of hydrogen-bond donors (Lipinski definition) is 1. The number of carbonyl (C=O) groups is 1. The molecule has 3 heterocycles. The Labute approximate surface area is 250 Å². The van der Waals surface area contributed by atoms with Crippen LogP contribution in [0.3, 0.4) is 0 Å². The second kappa shape index (κ2) is 10.1. The fourth-order valence-corrected chi connectivity index (χ4v) is 7.99. The second-order valence-corrected chi connectivity index (χ2v) is 13.1. The number of carboxylic acids is 1. The van der Waals surface area contributed by atoms with E-state index in [1.165, 1.54) is 33.5 Å². The standard InChI is InChI=1S/C33H22FN3O4S2/c1-35-32-27(13-14-42-32)30-28-17-24(34)10-12-29(28)37(43(40,41)26-11-9-20-5-2-3-6-21(20)16-26)31(30)22-7-4-8-25(15-22)36-18-23(19-36)33(38)39/h2-17,23H,18-19H2,(H,38,39). The number of carboxylic acid groups (broad SMARTS) is 1. The quantitative estimate of drug-likeness (QED) is 0.197. The molecule has 1 fully saturated rings. The molecule has 1 saturated heterocycles. The molecule has 0 bridgehead atoms. The van der Waals surface area contributed by atoms with E-state index < -0.39 is 27.7 Å². The number of aromatic nitrogens is 1. The lowest BCUT2D eigenvalue weighted by molar-refractivity contribution is -0.142. The van der Waals surface area contributed by atoms with Gasteiger partial charge in [0.05, 0.1) is 28.6 Å². The van der Waals surface area contributed by atoms with Gasteiger partial charge in [-0.1, -0.05) is 48.5 Å². The third kappa shape index (κ3) is 4.36. The van der Waals surface area contributed by atoms with Crippen molar-refractivity contribution in [2.75, 3.05) is 18.0 Å². The highest BCUT2D eigenvalue weighted by Gasteiger charge is 2.34. The van der Waals surface area contributed by atoms with Gasteiger partial charge in [-0.2, -0.15) is 11.3 Å². The van der Waals surface area contributed by atoms with Crippen molar-refractivity contribution < 1.29 is 22.7 Å². The maximum atomic E-state index is 14.8. The van der Waals surface area contributed by atoms with Gasteiger partial charge in [0.2, 0.25) is 5.00 Å². The maximum absolute atomic E-state index is 14.8. The van der Waals surface area contributed by atoms with Crippen molar-refractivity contribution in [3.05, 3.63) is 114 Å². The van der Waals surface area contributed by atoms with Crippen molar-refractivity contribution >= 4 is 59.7 Å². The van der Waals surface area contributed by atoms with Crippen LogP contribution in [0.15, 0.2) is 101 Å². The van der Waals surface area contributed by atoms with Gasteiger partial charge in [-0.25, -0.2) is 21.6 Å². The predicted molar refractivity (Wildman–Crippen MR) is 167 cm³/mol. The zero-order valence-electron chi connectivity index (χ0n) is 22.4. The van der Waals surface area contributed by atoms with Crippen molar-refractivity contribution in [3.63, 3.8) is 0 Å². The first kappa shape index (κ1) is 26.9. The number of anilines is 1. The molecule has 10 heteroatoms. The van der Waals surface area contributed by atoms with E-state index in [4.69, 9.17) is 6.57 Å². The molecule has 0 spiro atoms. The Morgan fingerprint density at radius 2 is 1.74 bits per heavy atom. The lowest BCUT2D eigenvalue weighted by atomic mass is 9.97. The zero-order chi connectivity index (χ0) is 29.9. The molecule has 4 aromatic carbocycles. The Morgan fingerprint density at radius 1 is 0.953 bits per heavy atom. The van der Waals surface area contributed by atoms with E-state index >= 15 is 0 Å². The average Bonchev–Trinajstić information content (AvgIpc) is 3.58. The van der Waals surface area contributed by atoms with E-state index in [0.717, 1.165) is 16.5 Å². The third-order valence-corrected chi connectivity index (χ3v) is 10.4. The van der Waals surface area contributed by atoms with Gasteiger partial charge in [-0.3, -0.25) is 4.79 Å². The first-order chi connectivity index (χ1) is 20.8. The molecule has 0 radical (unpaired) electrons. The topological polar surface area (TPSA) is 84.0 Å². The van der Waals surface area contributed by atoms with Gasteiger partial charge >= 0.3 is 5.97 Å². The number of halogens is 1. The molecule has 1 N–H and O–H groups in total. The number of fused-ring (bicyclic) bond motifs is 2. The monoisotopic (exact) mass is 607 g/mol. The molecule has 1 aliphatic rings. The fraction of sp³-hybridized carbons (Fsp3) is 0.0909. The summed E-state index contributed by atoms with van der Waals surface area (Å²) in [4.78, 5) is 17.1. The van der Waals surface area contributed by atoms with Crippen LogP contribution in [-0.4, -0.2) is 36.6 Å². The predicted octanol–water partition coefficient (Wildman–Crippen LogP) is 7.64. The number of hydrogen-bond acceptors (Lipinski definition) is 5. The van der Waals surface area contributed by atoms with Crippen molar-refractivity contribution in [3.8, 4) is 22.4 Å². The summed E-state index contributed by atoms with van der Waals surface area (Å²) in [5.41, 5.74) is 2.81. The molecule has 43 heavy (non-hydrogen) atoms. The van der Waals surface area contributed by atoms with Crippen LogP contribution in [0.4, 0.5) is 15.1 Å². The highest BCUT2D eigenvalue weighted by atomic mass is 32.2. The minimum absolute atomic E-state index is 0.0687. The van der Waals surface area contributed by atoms with Gasteiger partial charge in [-0.15, -0.1) is 0 Å². The largest absolute Gasteiger partial charge is 0.481 e. The zero-order valence-corrected chi connectivity index (χ0v) is 24.1. The highest BCUT2D eigenvalue weighted by molar-refractivity contribution is 7.90. The van der Waals surface area contributed by atoms with Crippen LogP contribution >= 0.6 is 11.3 Å². The van der Waals surface area contributed by atoms with Gasteiger partial charge < -0.3 is 10.0 Å². The highest BCUT2D eigenvalue weighted by Crippen LogP contribution is 2.48. The summed E-state index contributed by atoms with van der Waals surface area (Å²) in [6, 6.07) is 25.4. The number of benzene rings is 4. The molecule has 7 rings (SSSR count). The fourth-order valence-electron chi connectivity index (χ4n) is 5.73. The second-order valence-electron chi connectivity index (χ2n) is 10.4. The van der Waals surface area contributed by atoms with E-state index in [1.54, 1.807) is 41.8 Å². The van der Waals surface area contributed by atoms with Gasteiger partial charge in [-0.05, 0) is 58.6 Å². The SMILES string of the molecule is [C-]#[N+]c1sccc1-c1c(-c2cccc(N3CC(C(=O)O)C3)c2)n(S(=O)(=O)c2ccc3ccccc3c2)c2ccc(F)cc12. The lowest BCUT2D eigenvalue weighted by Crippen LogP contribution is -2.50. The third-order valence-electron chi connectivity index (χ3n) is 7.88. The maximum Gasteiger partial charge on any atom is 0.310 e. The van der Waals surface area contributed by atoms with Crippen molar-refractivity contribution in [2.24, 2.45) is 5.92 Å². The minimum Gasteiger partial charge on any atom is -0.481 e. The van der Waals surface area contributed by atoms with E-state index in [9.17, 15) is 22.7 Å². The van der Waals surface area contributed by atoms with Crippen molar-refractivity contribution in [2.45, 2.75) is 4.90 Å². The van der Waals surface area contributed by atoms with Crippen LogP contribution in [0.2, 0.25) is 0 Å². The number of aliphatic carboxylic acids is 1. The van der Waals surface area contributed by atoms with E-state index in [1.807, 2.05) is 41.3 Å². The number of nitrogens with zero attached hydrogens (tertiary/aromatic N) is 3. The first-order valence-electron chi connectivity index (χ1n) is 13.4. The summed E-state index contributed by atoms with van der Waals surface area (Å²) >= 11 is 1.23. The summed E-state index contributed by atoms with van der Waals surface area (Å²) in [5, 5.41) is 13.5. The Bertz CT molecular complexity index is 2240. The van der Waals surface area contributed by atoms with E-state index in [-0.39, 0.29) is 10.4 Å². The van der Waals surface area contributed by atoms with Gasteiger partial charge in [0, 0.05) is 40.9 Å². The van der Waals surface area contributed by atoms with E-state index in [0.29, 0.717) is 45.9 Å². The average molecular weight is 608 g/mol. The summed E-state index contributed by atoms with van der Waals surface area (Å²) in [6.45, 7) is 8.44. The van der Waals surface area contributed by atoms with Crippen LogP contribution in [-0.2, 0) is 14.8 Å². The van der Waals surface area contributed by atoms with Crippen LogP contribution in [0, 0.1) is 18.3 Å². The molecular weight excluding hydrogens is 586 g/mol. The van der Waals surface area contributed by atoms with Gasteiger partial charge in [0.15, 0.2) is 0 Å². The summed E-state index contributed by atoms with van der Waals surface area (Å²) < 4.78 is 45.4. The Kier molecular flexibility index (Phi) is 6.31. The van der Waals surface area contributed by atoms with Crippen molar-refractivity contribution in [1.29, 1.82) is 0 Å². The summed E-state index contributed by atoms with van der Waals surface area (Å²) in [7, 11) is -4.25. The molecule has 0 saturated carbocycles. The molecule has 7 nitrogen and oxygen atoms in total.